The number of aromatic nitrogens is 1. The minimum atomic E-state index is -3.38. The SMILES string of the molecule is CN1Cc2cc(-c3ccc(-c4cncc(CS(=O)(=O)c5ccsc5)c4)s3)ccc2C1=O. The Morgan fingerprint density at radius 3 is 2.61 bits per heavy atom. The molecule has 0 radical (unpaired) electrons. The summed E-state index contributed by atoms with van der Waals surface area (Å²) in [7, 11) is -1.57. The fourth-order valence-electron chi connectivity index (χ4n) is 3.70. The molecule has 0 spiro atoms. The van der Waals surface area contributed by atoms with E-state index < -0.39 is 9.84 Å². The van der Waals surface area contributed by atoms with Crippen molar-refractivity contribution in [2.24, 2.45) is 0 Å². The summed E-state index contributed by atoms with van der Waals surface area (Å²) in [4.78, 5) is 20.6. The van der Waals surface area contributed by atoms with Crippen LogP contribution in [0.5, 0.6) is 0 Å². The highest BCUT2D eigenvalue weighted by Crippen LogP contribution is 2.36. The van der Waals surface area contributed by atoms with E-state index in [-0.39, 0.29) is 11.7 Å². The summed E-state index contributed by atoms with van der Waals surface area (Å²) in [6, 6.07) is 13.6. The Morgan fingerprint density at radius 1 is 1.03 bits per heavy atom. The molecular formula is C23H18N2O3S3. The number of carbonyl (C=O) groups is 1. The van der Waals surface area contributed by atoms with Gasteiger partial charge in [0.15, 0.2) is 9.84 Å². The molecule has 1 aliphatic heterocycles. The monoisotopic (exact) mass is 466 g/mol. The molecule has 4 aromatic rings. The average molecular weight is 467 g/mol. The first-order valence-electron chi connectivity index (χ1n) is 9.58. The van der Waals surface area contributed by atoms with Gasteiger partial charge < -0.3 is 4.90 Å². The second kappa shape index (κ2) is 7.71. The summed E-state index contributed by atoms with van der Waals surface area (Å²) < 4.78 is 25.2. The highest BCUT2D eigenvalue weighted by molar-refractivity contribution is 7.90. The number of fused-ring (bicyclic) bond motifs is 1. The van der Waals surface area contributed by atoms with Crippen molar-refractivity contribution >= 4 is 38.4 Å². The minimum absolute atomic E-state index is 0.0636. The highest BCUT2D eigenvalue weighted by Gasteiger charge is 2.24. The van der Waals surface area contributed by atoms with E-state index in [1.54, 1.807) is 45.5 Å². The number of benzene rings is 1. The lowest BCUT2D eigenvalue weighted by Gasteiger charge is -2.05. The maximum atomic E-state index is 12.6. The average Bonchev–Trinajstić information content (AvgIpc) is 3.49. The lowest BCUT2D eigenvalue weighted by Crippen LogP contribution is -2.17. The van der Waals surface area contributed by atoms with E-state index in [9.17, 15) is 13.2 Å². The van der Waals surface area contributed by atoms with Gasteiger partial charge in [0.05, 0.1) is 10.6 Å². The van der Waals surface area contributed by atoms with Crippen molar-refractivity contribution in [3.05, 3.63) is 82.3 Å². The second-order valence-corrected chi connectivity index (χ2v) is 11.4. The summed E-state index contributed by atoms with van der Waals surface area (Å²) in [5.74, 6) is -0.0106. The van der Waals surface area contributed by atoms with Gasteiger partial charge in [-0.2, -0.15) is 11.3 Å². The normalized spacial score (nSPS) is 13.6. The summed E-state index contributed by atoms with van der Waals surface area (Å²) in [6.07, 6.45) is 3.36. The van der Waals surface area contributed by atoms with Crippen molar-refractivity contribution in [2.45, 2.75) is 17.2 Å². The molecule has 1 aliphatic rings. The maximum absolute atomic E-state index is 12.6. The number of amides is 1. The van der Waals surface area contributed by atoms with E-state index in [4.69, 9.17) is 0 Å². The summed E-state index contributed by atoms with van der Waals surface area (Å²) in [6.45, 7) is 0.630. The van der Waals surface area contributed by atoms with Crippen LogP contribution in [0.1, 0.15) is 21.5 Å². The van der Waals surface area contributed by atoms with Crippen LogP contribution in [0.25, 0.3) is 20.9 Å². The molecule has 156 valence electrons. The molecule has 1 amide bonds. The van der Waals surface area contributed by atoms with Gasteiger partial charge in [-0.1, -0.05) is 6.07 Å². The Kier molecular flexibility index (Phi) is 5.00. The zero-order valence-corrected chi connectivity index (χ0v) is 19.1. The van der Waals surface area contributed by atoms with Crippen LogP contribution >= 0.6 is 22.7 Å². The predicted molar refractivity (Wildman–Crippen MR) is 124 cm³/mol. The zero-order chi connectivity index (χ0) is 21.6. The van der Waals surface area contributed by atoms with Gasteiger partial charge in [-0.15, -0.1) is 11.3 Å². The molecule has 0 N–H and O–H groups in total. The van der Waals surface area contributed by atoms with Gasteiger partial charge in [-0.05, 0) is 58.5 Å². The molecule has 0 saturated heterocycles. The quantitative estimate of drug-likeness (QED) is 0.410. The van der Waals surface area contributed by atoms with E-state index in [0.29, 0.717) is 17.0 Å². The summed E-state index contributed by atoms with van der Waals surface area (Å²) in [5, 5.41) is 3.42. The van der Waals surface area contributed by atoms with E-state index >= 15 is 0 Å². The van der Waals surface area contributed by atoms with Gasteiger partial charge in [0.25, 0.3) is 5.91 Å². The first-order valence-corrected chi connectivity index (χ1v) is 13.0. The highest BCUT2D eigenvalue weighted by atomic mass is 32.2. The van der Waals surface area contributed by atoms with Crippen molar-refractivity contribution in [3.8, 4) is 20.9 Å². The number of nitrogens with zero attached hydrogens (tertiary/aromatic N) is 2. The number of hydrogen-bond donors (Lipinski definition) is 0. The molecular weight excluding hydrogens is 448 g/mol. The topological polar surface area (TPSA) is 67.3 Å². The smallest absolute Gasteiger partial charge is 0.254 e. The van der Waals surface area contributed by atoms with Crippen LogP contribution in [0.3, 0.4) is 0 Å². The van der Waals surface area contributed by atoms with E-state index in [2.05, 4.69) is 17.1 Å². The first kappa shape index (κ1) is 20.1. The lowest BCUT2D eigenvalue weighted by atomic mass is 10.1. The second-order valence-electron chi connectivity index (χ2n) is 7.50. The van der Waals surface area contributed by atoms with Crippen molar-refractivity contribution in [1.82, 2.24) is 9.88 Å². The number of rotatable bonds is 5. The number of sulfone groups is 1. The molecule has 8 heteroatoms. The molecule has 0 aliphatic carbocycles. The Hall–Kier alpha value is -2.81. The number of thiophene rings is 2. The Labute approximate surface area is 188 Å². The fourth-order valence-corrected chi connectivity index (χ4v) is 7.08. The summed E-state index contributed by atoms with van der Waals surface area (Å²) >= 11 is 3.00. The predicted octanol–water partition coefficient (Wildman–Crippen LogP) is 5.10. The molecule has 0 bridgehead atoms. The molecule has 0 saturated carbocycles. The first-order chi connectivity index (χ1) is 14.9. The Balaban J connectivity index is 1.41. The summed E-state index contributed by atoms with van der Waals surface area (Å²) in [5.41, 5.74) is 4.44. The maximum Gasteiger partial charge on any atom is 0.254 e. The van der Waals surface area contributed by atoms with Crippen molar-refractivity contribution in [1.29, 1.82) is 0 Å². The van der Waals surface area contributed by atoms with Crippen LogP contribution < -0.4 is 0 Å². The lowest BCUT2D eigenvalue weighted by molar-refractivity contribution is 0.0816. The largest absolute Gasteiger partial charge is 0.337 e. The van der Waals surface area contributed by atoms with Crippen LogP contribution in [0.15, 0.2) is 70.5 Å². The Morgan fingerprint density at radius 2 is 1.84 bits per heavy atom. The minimum Gasteiger partial charge on any atom is -0.337 e. The van der Waals surface area contributed by atoms with Crippen LogP contribution in [-0.2, 0) is 22.1 Å². The number of carbonyl (C=O) groups excluding carboxylic acids is 1. The van der Waals surface area contributed by atoms with Crippen LogP contribution in [0.2, 0.25) is 0 Å². The third kappa shape index (κ3) is 3.82. The number of pyridine rings is 1. The van der Waals surface area contributed by atoms with E-state index in [1.807, 2.05) is 31.3 Å². The fraction of sp³-hybridized carbons (Fsp3) is 0.130. The molecule has 0 unspecified atom stereocenters. The standard InChI is InChI=1S/C23H18N2O3S3/c1-25-12-18-9-16(2-3-20(18)23(25)26)21-4-5-22(30-21)17-8-15(10-24-11-17)14-31(27,28)19-6-7-29-13-19/h2-11,13H,12,14H2,1H3. The molecule has 1 aromatic carbocycles. The molecule has 3 aromatic heterocycles. The van der Waals surface area contributed by atoms with Crippen LogP contribution in [0.4, 0.5) is 0 Å². The number of hydrogen-bond acceptors (Lipinski definition) is 6. The van der Waals surface area contributed by atoms with E-state index in [1.165, 1.54) is 11.3 Å². The van der Waals surface area contributed by atoms with Gasteiger partial charge in [-0.3, -0.25) is 9.78 Å². The van der Waals surface area contributed by atoms with Crippen molar-refractivity contribution in [3.63, 3.8) is 0 Å². The zero-order valence-electron chi connectivity index (χ0n) is 16.6. The molecule has 31 heavy (non-hydrogen) atoms. The molecule has 0 atom stereocenters. The van der Waals surface area contributed by atoms with Gasteiger partial charge in [0.2, 0.25) is 0 Å². The van der Waals surface area contributed by atoms with Gasteiger partial charge >= 0.3 is 0 Å². The van der Waals surface area contributed by atoms with Crippen LogP contribution in [-0.4, -0.2) is 31.3 Å². The molecule has 5 rings (SSSR count). The third-order valence-electron chi connectivity index (χ3n) is 5.27. The van der Waals surface area contributed by atoms with Gasteiger partial charge in [0, 0.05) is 52.2 Å². The van der Waals surface area contributed by atoms with Crippen molar-refractivity contribution in [2.75, 3.05) is 7.05 Å². The van der Waals surface area contributed by atoms with Gasteiger partial charge in [0.1, 0.15) is 0 Å². The van der Waals surface area contributed by atoms with Crippen molar-refractivity contribution < 1.29 is 13.2 Å². The Bertz CT molecular complexity index is 1390. The molecule has 4 heterocycles. The van der Waals surface area contributed by atoms with Crippen LogP contribution in [0, 0.1) is 0 Å². The van der Waals surface area contributed by atoms with E-state index in [0.717, 1.165) is 32.0 Å². The molecule has 0 fully saturated rings. The third-order valence-corrected chi connectivity index (χ3v) is 8.97. The van der Waals surface area contributed by atoms with Gasteiger partial charge in [-0.25, -0.2) is 8.42 Å². The molecule has 5 nitrogen and oxygen atoms in total.